The average Bonchev–Trinajstić information content (AvgIpc) is 2.38. The molecule has 0 radical (unpaired) electrons. The molecular formula is C15H16N2O. The zero-order valence-electron chi connectivity index (χ0n) is 10.5. The molecule has 1 fully saturated rings. The van der Waals surface area contributed by atoms with E-state index in [0.29, 0.717) is 18.6 Å². The predicted molar refractivity (Wildman–Crippen MR) is 72.8 cm³/mol. The number of carbonyl (C=O) groups is 1. The molecule has 0 spiro atoms. The SMILES string of the molecule is CC1CC(=O)CCN1c1cnc2ccccc2c1. The number of ketones is 1. The van der Waals surface area contributed by atoms with Crippen molar-refractivity contribution < 1.29 is 4.79 Å². The monoisotopic (exact) mass is 240 g/mol. The highest BCUT2D eigenvalue weighted by molar-refractivity contribution is 5.84. The van der Waals surface area contributed by atoms with Crippen LogP contribution in [0, 0.1) is 0 Å². The largest absolute Gasteiger partial charge is 0.367 e. The number of benzene rings is 1. The summed E-state index contributed by atoms with van der Waals surface area (Å²) < 4.78 is 0. The average molecular weight is 240 g/mol. The van der Waals surface area contributed by atoms with Crippen LogP contribution in [0.3, 0.4) is 0 Å². The van der Waals surface area contributed by atoms with E-state index in [1.165, 1.54) is 0 Å². The number of hydrogen-bond donors (Lipinski definition) is 0. The van der Waals surface area contributed by atoms with Crippen molar-refractivity contribution in [3.8, 4) is 0 Å². The Morgan fingerprint density at radius 2 is 2.17 bits per heavy atom. The molecule has 3 nitrogen and oxygen atoms in total. The highest BCUT2D eigenvalue weighted by atomic mass is 16.1. The van der Waals surface area contributed by atoms with Crippen LogP contribution in [0.4, 0.5) is 5.69 Å². The molecule has 0 amide bonds. The number of rotatable bonds is 1. The van der Waals surface area contributed by atoms with Gasteiger partial charge in [-0.3, -0.25) is 9.78 Å². The van der Waals surface area contributed by atoms with Crippen molar-refractivity contribution in [3.05, 3.63) is 36.5 Å². The smallest absolute Gasteiger partial charge is 0.136 e. The molecular weight excluding hydrogens is 224 g/mol. The number of hydrogen-bond acceptors (Lipinski definition) is 3. The molecule has 1 aliphatic heterocycles. The minimum Gasteiger partial charge on any atom is -0.367 e. The fourth-order valence-electron chi connectivity index (χ4n) is 2.61. The van der Waals surface area contributed by atoms with Crippen molar-refractivity contribution in [1.29, 1.82) is 0 Å². The van der Waals surface area contributed by atoms with Crippen LogP contribution in [0.25, 0.3) is 10.9 Å². The van der Waals surface area contributed by atoms with Gasteiger partial charge in [-0.05, 0) is 19.1 Å². The number of fused-ring (bicyclic) bond motifs is 1. The molecule has 92 valence electrons. The Bertz CT molecular complexity index is 594. The lowest BCUT2D eigenvalue weighted by molar-refractivity contribution is -0.120. The lowest BCUT2D eigenvalue weighted by Crippen LogP contribution is -2.41. The fourth-order valence-corrected chi connectivity index (χ4v) is 2.61. The molecule has 1 aromatic heterocycles. The molecule has 1 saturated heterocycles. The number of piperidine rings is 1. The van der Waals surface area contributed by atoms with Gasteiger partial charge in [-0.15, -0.1) is 0 Å². The van der Waals surface area contributed by atoms with Gasteiger partial charge >= 0.3 is 0 Å². The molecule has 0 bridgehead atoms. The van der Waals surface area contributed by atoms with Crippen LogP contribution in [-0.2, 0) is 4.79 Å². The third-order valence-corrected chi connectivity index (χ3v) is 3.59. The molecule has 1 atom stereocenters. The Morgan fingerprint density at radius 3 is 3.00 bits per heavy atom. The van der Waals surface area contributed by atoms with E-state index in [0.717, 1.165) is 23.1 Å². The van der Waals surface area contributed by atoms with Gasteiger partial charge in [0.1, 0.15) is 5.78 Å². The third-order valence-electron chi connectivity index (χ3n) is 3.59. The van der Waals surface area contributed by atoms with Gasteiger partial charge in [0.05, 0.1) is 17.4 Å². The summed E-state index contributed by atoms with van der Waals surface area (Å²) in [5.74, 6) is 0.368. The minimum atomic E-state index is 0.272. The van der Waals surface area contributed by atoms with Gasteiger partial charge in [-0.25, -0.2) is 0 Å². The minimum absolute atomic E-state index is 0.272. The van der Waals surface area contributed by atoms with Gasteiger partial charge < -0.3 is 4.90 Å². The molecule has 2 heterocycles. The Morgan fingerprint density at radius 1 is 1.33 bits per heavy atom. The summed E-state index contributed by atoms with van der Waals surface area (Å²) in [6.07, 6.45) is 3.21. The van der Waals surface area contributed by atoms with Crippen LogP contribution in [-0.4, -0.2) is 23.4 Å². The molecule has 0 saturated carbocycles. The van der Waals surface area contributed by atoms with E-state index in [-0.39, 0.29) is 6.04 Å². The molecule has 0 N–H and O–H groups in total. The Hall–Kier alpha value is -1.90. The van der Waals surface area contributed by atoms with Gasteiger partial charge in [-0.2, -0.15) is 0 Å². The van der Waals surface area contributed by atoms with Crippen LogP contribution in [0.5, 0.6) is 0 Å². The van der Waals surface area contributed by atoms with Crippen LogP contribution in [0.2, 0.25) is 0 Å². The van der Waals surface area contributed by atoms with Crippen molar-refractivity contribution >= 4 is 22.4 Å². The van der Waals surface area contributed by atoms with Gasteiger partial charge in [0.25, 0.3) is 0 Å². The molecule has 2 aromatic rings. The first-order chi connectivity index (χ1) is 8.74. The zero-order valence-corrected chi connectivity index (χ0v) is 10.5. The van der Waals surface area contributed by atoms with Crippen molar-refractivity contribution in [2.45, 2.75) is 25.8 Å². The fraction of sp³-hybridized carbons (Fsp3) is 0.333. The summed E-state index contributed by atoms with van der Waals surface area (Å²) >= 11 is 0. The summed E-state index contributed by atoms with van der Waals surface area (Å²) in [6.45, 7) is 2.91. The zero-order chi connectivity index (χ0) is 12.5. The van der Waals surface area contributed by atoms with E-state index < -0.39 is 0 Å². The molecule has 1 aromatic carbocycles. The second-order valence-corrected chi connectivity index (χ2v) is 4.92. The van der Waals surface area contributed by atoms with Crippen LogP contribution < -0.4 is 4.90 Å². The second-order valence-electron chi connectivity index (χ2n) is 4.92. The topological polar surface area (TPSA) is 33.2 Å². The van der Waals surface area contributed by atoms with Crippen molar-refractivity contribution in [2.24, 2.45) is 0 Å². The Balaban J connectivity index is 1.96. The normalized spacial score (nSPS) is 20.4. The number of aromatic nitrogens is 1. The van der Waals surface area contributed by atoms with Gasteiger partial charge in [0.2, 0.25) is 0 Å². The summed E-state index contributed by atoms with van der Waals surface area (Å²) in [7, 11) is 0. The first-order valence-electron chi connectivity index (χ1n) is 6.37. The maximum atomic E-state index is 11.4. The number of carbonyl (C=O) groups excluding carboxylic acids is 1. The van der Waals surface area contributed by atoms with Crippen molar-refractivity contribution in [3.63, 3.8) is 0 Å². The van der Waals surface area contributed by atoms with Gasteiger partial charge in [0.15, 0.2) is 0 Å². The maximum absolute atomic E-state index is 11.4. The molecule has 18 heavy (non-hydrogen) atoms. The van der Waals surface area contributed by atoms with Gasteiger partial charge in [-0.1, -0.05) is 18.2 Å². The van der Waals surface area contributed by atoms with E-state index in [4.69, 9.17) is 0 Å². The molecule has 1 unspecified atom stereocenters. The standard InChI is InChI=1S/C15H16N2O/c1-11-8-14(18)6-7-17(11)13-9-12-4-2-3-5-15(12)16-10-13/h2-5,9-11H,6-8H2,1H3. The molecule has 3 heteroatoms. The van der Waals surface area contributed by atoms with E-state index in [1.54, 1.807) is 0 Å². The van der Waals surface area contributed by atoms with Crippen molar-refractivity contribution in [1.82, 2.24) is 4.98 Å². The second kappa shape index (κ2) is 4.41. The number of pyridine rings is 1. The Labute approximate surface area is 106 Å². The summed E-state index contributed by atoms with van der Waals surface area (Å²) in [5, 5.41) is 1.15. The lowest BCUT2D eigenvalue weighted by Gasteiger charge is -2.34. The Kier molecular flexibility index (Phi) is 2.74. The van der Waals surface area contributed by atoms with Crippen LogP contribution in [0.1, 0.15) is 19.8 Å². The highest BCUT2D eigenvalue weighted by Crippen LogP contribution is 2.25. The number of Topliss-reactive ketones (excluding diaryl/α,β-unsaturated/α-hetero) is 1. The molecule has 1 aliphatic rings. The molecule has 0 aliphatic carbocycles. The third kappa shape index (κ3) is 1.96. The quantitative estimate of drug-likeness (QED) is 0.768. The van der Waals surface area contributed by atoms with Crippen LogP contribution >= 0.6 is 0 Å². The maximum Gasteiger partial charge on any atom is 0.136 e. The van der Waals surface area contributed by atoms with E-state index >= 15 is 0 Å². The predicted octanol–water partition coefficient (Wildman–Crippen LogP) is 2.79. The number of nitrogens with zero attached hydrogens (tertiary/aromatic N) is 2. The molecule has 3 rings (SSSR count). The van der Waals surface area contributed by atoms with Crippen LogP contribution in [0.15, 0.2) is 36.5 Å². The summed E-state index contributed by atoms with van der Waals surface area (Å²) in [5.41, 5.74) is 2.13. The first-order valence-corrected chi connectivity index (χ1v) is 6.37. The van der Waals surface area contributed by atoms with E-state index in [2.05, 4.69) is 28.9 Å². The van der Waals surface area contributed by atoms with Crippen molar-refractivity contribution in [2.75, 3.05) is 11.4 Å². The lowest BCUT2D eigenvalue weighted by atomic mass is 10.0. The summed E-state index contributed by atoms with van der Waals surface area (Å²) in [6, 6.07) is 10.5. The van der Waals surface area contributed by atoms with E-state index in [1.807, 2.05) is 24.4 Å². The van der Waals surface area contributed by atoms with Gasteiger partial charge in [0, 0.05) is 30.8 Å². The first kappa shape index (κ1) is 11.2. The highest BCUT2D eigenvalue weighted by Gasteiger charge is 2.23. The van der Waals surface area contributed by atoms with E-state index in [9.17, 15) is 4.79 Å². The summed E-state index contributed by atoms with van der Waals surface area (Å²) in [4.78, 5) is 18.2. The number of anilines is 1. The number of para-hydroxylation sites is 1.